The van der Waals surface area contributed by atoms with Crippen LogP contribution in [-0.2, 0) is 10.7 Å². The second-order valence-electron chi connectivity index (χ2n) is 3.18. The highest BCUT2D eigenvalue weighted by Gasteiger charge is 2.50. The molecular weight excluding hydrogens is 192 g/mol. The van der Waals surface area contributed by atoms with Gasteiger partial charge in [0.25, 0.3) is 5.91 Å². The molecule has 0 unspecified atom stereocenters. The molecule has 0 radical (unpaired) electrons. The first-order valence-electron chi connectivity index (χ1n) is 3.97. The smallest absolute Gasteiger partial charge is 0.352 e. The summed E-state index contributed by atoms with van der Waals surface area (Å²) in [7, 11) is 0. The third-order valence-corrected chi connectivity index (χ3v) is 2.23. The Morgan fingerprint density at radius 2 is 2.07 bits per heavy atom. The Labute approximate surface area is 78.4 Å². The maximum atomic E-state index is 13.2. The van der Waals surface area contributed by atoms with Crippen LogP contribution in [0.3, 0.4) is 0 Å². The summed E-state index contributed by atoms with van der Waals surface area (Å²) in [5, 5.41) is 11.2. The Bertz CT molecular complexity index is 429. The number of fused-ring (bicyclic) bond motifs is 1. The first kappa shape index (κ1) is 8.93. The zero-order valence-corrected chi connectivity index (χ0v) is 7.27. The number of carbonyl (C=O) groups excluding carboxylic acids is 1. The van der Waals surface area contributed by atoms with Crippen LogP contribution in [0.4, 0.5) is 14.5 Å². The van der Waals surface area contributed by atoms with Gasteiger partial charge in [0.2, 0.25) is 0 Å². The van der Waals surface area contributed by atoms with Crippen molar-refractivity contribution in [3.8, 4) is 5.75 Å². The Balaban J connectivity index is 2.76. The van der Waals surface area contributed by atoms with E-state index in [-0.39, 0.29) is 17.0 Å². The summed E-state index contributed by atoms with van der Waals surface area (Å²) >= 11 is 0. The van der Waals surface area contributed by atoms with Crippen LogP contribution in [0.15, 0.2) is 12.1 Å². The van der Waals surface area contributed by atoms with Crippen molar-refractivity contribution in [1.29, 1.82) is 0 Å². The molecule has 3 nitrogen and oxygen atoms in total. The number of hydrogen-bond donors (Lipinski definition) is 2. The molecular formula is C9H7F2NO2. The maximum Gasteiger partial charge on any atom is 0.352 e. The van der Waals surface area contributed by atoms with Crippen molar-refractivity contribution in [3.05, 3.63) is 23.3 Å². The second kappa shape index (κ2) is 2.43. The topological polar surface area (TPSA) is 49.3 Å². The SMILES string of the molecule is Cc1ccc(O)c2c1C(F)(F)C(=O)N2. The lowest BCUT2D eigenvalue weighted by Crippen LogP contribution is -2.24. The molecule has 0 bridgehead atoms. The first-order valence-corrected chi connectivity index (χ1v) is 3.97. The molecule has 0 fully saturated rings. The molecule has 0 aliphatic carbocycles. The van der Waals surface area contributed by atoms with Gasteiger partial charge in [-0.05, 0) is 18.6 Å². The first-order chi connectivity index (χ1) is 6.44. The van der Waals surface area contributed by atoms with E-state index in [9.17, 15) is 18.7 Å². The summed E-state index contributed by atoms with van der Waals surface area (Å²) in [5.74, 6) is -5.27. The fourth-order valence-corrected chi connectivity index (χ4v) is 1.53. The number of nitrogens with one attached hydrogen (secondary N) is 1. The number of alkyl halides is 2. The number of amides is 1. The Hall–Kier alpha value is -1.65. The lowest BCUT2D eigenvalue weighted by atomic mass is 10.0. The molecule has 1 aromatic carbocycles. The molecule has 1 heterocycles. The summed E-state index contributed by atoms with van der Waals surface area (Å²) in [5.41, 5.74) is -0.330. The lowest BCUT2D eigenvalue weighted by Gasteiger charge is -2.09. The number of phenols is 1. The molecule has 0 atom stereocenters. The van der Waals surface area contributed by atoms with Crippen molar-refractivity contribution in [2.75, 3.05) is 5.32 Å². The highest BCUT2D eigenvalue weighted by atomic mass is 19.3. The van der Waals surface area contributed by atoms with Gasteiger partial charge >= 0.3 is 5.92 Å². The minimum absolute atomic E-state index is 0.181. The van der Waals surface area contributed by atoms with E-state index < -0.39 is 17.4 Å². The quantitative estimate of drug-likeness (QED) is 0.625. The maximum absolute atomic E-state index is 13.2. The van der Waals surface area contributed by atoms with Crippen molar-refractivity contribution < 1.29 is 18.7 Å². The van der Waals surface area contributed by atoms with Crippen LogP contribution in [-0.4, -0.2) is 11.0 Å². The Morgan fingerprint density at radius 1 is 1.43 bits per heavy atom. The van der Waals surface area contributed by atoms with Gasteiger partial charge in [-0.3, -0.25) is 4.79 Å². The normalized spacial score (nSPS) is 17.8. The molecule has 0 saturated carbocycles. The number of phenolic OH excluding ortho intramolecular Hbond substituents is 1. The van der Waals surface area contributed by atoms with Gasteiger partial charge in [0.15, 0.2) is 0 Å². The van der Waals surface area contributed by atoms with Crippen molar-refractivity contribution in [2.24, 2.45) is 0 Å². The van der Waals surface area contributed by atoms with E-state index in [1.54, 1.807) is 0 Å². The van der Waals surface area contributed by atoms with Crippen LogP contribution in [0.2, 0.25) is 0 Å². The number of aryl methyl sites for hydroxylation is 1. The van der Waals surface area contributed by atoms with E-state index in [1.165, 1.54) is 19.1 Å². The fraction of sp³-hybridized carbons (Fsp3) is 0.222. The van der Waals surface area contributed by atoms with E-state index >= 15 is 0 Å². The van der Waals surface area contributed by atoms with E-state index in [1.807, 2.05) is 5.32 Å². The van der Waals surface area contributed by atoms with Crippen molar-refractivity contribution in [1.82, 2.24) is 0 Å². The summed E-state index contributed by atoms with van der Waals surface area (Å²) in [4.78, 5) is 10.9. The molecule has 1 aliphatic rings. The third kappa shape index (κ3) is 0.921. The molecule has 0 aromatic heterocycles. The van der Waals surface area contributed by atoms with Gasteiger partial charge in [-0.15, -0.1) is 0 Å². The summed E-state index contributed by atoms with van der Waals surface area (Å²) in [6.45, 7) is 1.46. The predicted molar refractivity (Wildman–Crippen MR) is 45.4 cm³/mol. The third-order valence-electron chi connectivity index (χ3n) is 2.23. The number of hydrogen-bond acceptors (Lipinski definition) is 2. The number of rotatable bonds is 0. The standard InChI is InChI=1S/C9H7F2NO2/c1-4-2-3-5(13)7-6(4)9(10,11)8(14)12-7/h2-3,13H,1H3,(H,12,14). The Morgan fingerprint density at radius 3 is 2.64 bits per heavy atom. The minimum Gasteiger partial charge on any atom is -0.506 e. The van der Waals surface area contributed by atoms with Gasteiger partial charge in [0.1, 0.15) is 5.75 Å². The predicted octanol–water partition coefficient (Wildman–Crippen LogP) is 1.74. The largest absolute Gasteiger partial charge is 0.506 e. The highest BCUT2D eigenvalue weighted by molar-refractivity contribution is 6.05. The number of anilines is 1. The van der Waals surface area contributed by atoms with E-state index in [2.05, 4.69) is 0 Å². The zero-order chi connectivity index (χ0) is 10.5. The van der Waals surface area contributed by atoms with Gasteiger partial charge in [0.05, 0.1) is 11.3 Å². The number of benzene rings is 1. The van der Waals surface area contributed by atoms with Gasteiger partial charge in [-0.1, -0.05) is 6.07 Å². The molecule has 1 aromatic rings. The van der Waals surface area contributed by atoms with Crippen LogP contribution >= 0.6 is 0 Å². The van der Waals surface area contributed by atoms with Crippen LogP contribution in [0.5, 0.6) is 5.75 Å². The second-order valence-corrected chi connectivity index (χ2v) is 3.18. The molecule has 5 heteroatoms. The molecule has 0 saturated heterocycles. The van der Waals surface area contributed by atoms with E-state index in [4.69, 9.17) is 0 Å². The van der Waals surface area contributed by atoms with Gasteiger partial charge in [0, 0.05) is 0 Å². The summed E-state index contributed by atoms with van der Waals surface area (Å²) < 4.78 is 26.5. The molecule has 0 spiro atoms. The van der Waals surface area contributed by atoms with E-state index in [0.29, 0.717) is 0 Å². The number of halogens is 2. The molecule has 74 valence electrons. The average Bonchev–Trinajstić information content (AvgIpc) is 2.33. The zero-order valence-electron chi connectivity index (χ0n) is 7.27. The van der Waals surface area contributed by atoms with Crippen LogP contribution in [0.25, 0.3) is 0 Å². The lowest BCUT2D eigenvalue weighted by molar-refractivity contribution is -0.139. The molecule has 2 N–H and O–H groups in total. The molecule has 14 heavy (non-hydrogen) atoms. The van der Waals surface area contributed by atoms with Crippen molar-refractivity contribution in [3.63, 3.8) is 0 Å². The van der Waals surface area contributed by atoms with Gasteiger partial charge < -0.3 is 10.4 Å². The number of aromatic hydroxyl groups is 1. The Kier molecular flexibility index (Phi) is 1.55. The van der Waals surface area contributed by atoms with Crippen molar-refractivity contribution >= 4 is 11.6 Å². The molecule has 1 amide bonds. The van der Waals surface area contributed by atoms with Gasteiger partial charge in [-0.25, -0.2) is 0 Å². The number of carbonyl (C=O) groups is 1. The molecule has 1 aliphatic heterocycles. The monoisotopic (exact) mass is 199 g/mol. The summed E-state index contributed by atoms with van der Waals surface area (Å²) in [6, 6.07) is 2.62. The molecule has 2 rings (SSSR count). The average molecular weight is 199 g/mol. The minimum atomic E-state index is -3.54. The highest BCUT2D eigenvalue weighted by Crippen LogP contribution is 2.46. The van der Waals surface area contributed by atoms with Crippen molar-refractivity contribution in [2.45, 2.75) is 12.8 Å². The van der Waals surface area contributed by atoms with Crippen LogP contribution in [0.1, 0.15) is 11.1 Å². The van der Waals surface area contributed by atoms with Crippen LogP contribution < -0.4 is 5.32 Å². The summed E-state index contributed by atoms with van der Waals surface area (Å²) in [6.07, 6.45) is 0. The van der Waals surface area contributed by atoms with E-state index in [0.717, 1.165) is 0 Å². The van der Waals surface area contributed by atoms with Gasteiger partial charge in [-0.2, -0.15) is 8.78 Å². The van der Waals surface area contributed by atoms with Crippen LogP contribution in [0, 0.1) is 6.92 Å². The fourth-order valence-electron chi connectivity index (χ4n) is 1.53.